The van der Waals surface area contributed by atoms with Gasteiger partial charge in [0.1, 0.15) is 12.9 Å². The van der Waals surface area contributed by atoms with E-state index < -0.39 is 24.3 Å². The van der Waals surface area contributed by atoms with Crippen LogP contribution in [0.2, 0.25) is 0 Å². The second-order valence-corrected chi connectivity index (χ2v) is 6.72. The van der Waals surface area contributed by atoms with E-state index in [0.717, 1.165) is 4.57 Å². The molecule has 0 bridgehead atoms. The van der Waals surface area contributed by atoms with Crippen LogP contribution in [0.25, 0.3) is 0 Å². The van der Waals surface area contributed by atoms with Gasteiger partial charge in [-0.05, 0) is 18.4 Å². The third kappa shape index (κ3) is 4.77. The number of nitrogens with one attached hydrogen (secondary N) is 1. The number of benzene rings is 1. The van der Waals surface area contributed by atoms with Gasteiger partial charge in [0.05, 0.1) is 5.69 Å². The van der Waals surface area contributed by atoms with Gasteiger partial charge in [0.25, 0.3) is 0 Å². The SMILES string of the molecule is CC(=O)Nc1nc(CCc2ccc(COC(=O)n3ccnc3)c(F)c2F)cs1. The van der Waals surface area contributed by atoms with Crippen molar-refractivity contribution in [2.75, 3.05) is 5.32 Å². The highest BCUT2D eigenvalue weighted by molar-refractivity contribution is 7.13. The maximum atomic E-state index is 14.3. The van der Waals surface area contributed by atoms with Gasteiger partial charge in [0, 0.05) is 30.3 Å². The molecule has 7 nitrogen and oxygen atoms in total. The van der Waals surface area contributed by atoms with E-state index in [1.807, 2.05) is 0 Å². The van der Waals surface area contributed by atoms with Gasteiger partial charge in [-0.25, -0.2) is 28.1 Å². The molecule has 1 aromatic carbocycles. The zero-order chi connectivity index (χ0) is 20.1. The fraction of sp³-hybridized carbons (Fsp3) is 0.222. The van der Waals surface area contributed by atoms with E-state index in [2.05, 4.69) is 15.3 Å². The normalized spacial score (nSPS) is 10.7. The standard InChI is InChI=1S/C18H16F2N4O3S/c1-11(25)22-17-23-14(9-28-17)5-4-12-2-3-13(16(20)15(12)19)8-27-18(26)24-7-6-21-10-24/h2-3,6-7,9-10H,4-5,8H2,1H3,(H,22,23,25). The van der Waals surface area contributed by atoms with Crippen molar-refractivity contribution in [3.63, 3.8) is 0 Å². The van der Waals surface area contributed by atoms with Crippen molar-refractivity contribution in [1.82, 2.24) is 14.5 Å². The maximum absolute atomic E-state index is 14.3. The Bertz CT molecular complexity index is 989. The quantitative estimate of drug-likeness (QED) is 0.677. The van der Waals surface area contributed by atoms with E-state index in [9.17, 15) is 18.4 Å². The fourth-order valence-electron chi connectivity index (χ4n) is 2.41. The smallest absolute Gasteiger partial charge is 0.419 e. The third-order valence-electron chi connectivity index (χ3n) is 3.79. The summed E-state index contributed by atoms with van der Waals surface area (Å²) < 4.78 is 34.7. The summed E-state index contributed by atoms with van der Waals surface area (Å²) in [6, 6.07) is 2.85. The summed E-state index contributed by atoms with van der Waals surface area (Å²) in [7, 11) is 0. The molecule has 0 aliphatic rings. The number of imidazole rings is 1. The van der Waals surface area contributed by atoms with Crippen LogP contribution in [-0.4, -0.2) is 26.5 Å². The highest BCUT2D eigenvalue weighted by Crippen LogP contribution is 2.21. The molecule has 0 saturated heterocycles. The molecule has 3 rings (SSSR count). The van der Waals surface area contributed by atoms with Crippen LogP contribution in [0.1, 0.15) is 23.7 Å². The number of carbonyl (C=O) groups is 2. The summed E-state index contributed by atoms with van der Waals surface area (Å²) in [4.78, 5) is 30.6. The van der Waals surface area contributed by atoms with Crippen molar-refractivity contribution < 1.29 is 23.1 Å². The van der Waals surface area contributed by atoms with Gasteiger partial charge in [0.15, 0.2) is 16.8 Å². The Labute approximate surface area is 163 Å². The number of halogens is 2. The molecule has 0 spiro atoms. The van der Waals surface area contributed by atoms with Crippen LogP contribution in [0.4, 0.5) is 18.7 Å². The van der Waals surface area contributed by atoms with Crippen LogP contribution in [0, 0.1) is 11.6 Å². The molecular formula is C18H16F2N4O3S. The summed E-state index contributed by atoms with van der Waals surface area (Å²) in [5.74, 6) is -2.25. The minimum Gasteiger partial charge on any atom is -0.444 e. The number of carbonyl (C=O) groups excluding carboxylic acids is 2. The molecule has 28 heavy (non-hydrogen) atoms. The summed E-state index contributed by atoms with van der Waals surface area (Å²) in [6.45, 7) is 0.986. The predicted molar refractivity (Wildman–Crippen MR) is 98.0 cm³/mol. The number of nitrogens with zero attached hydrogens (tertiary/aromatic N) is 3. The number of rotatable bonds is 6. The molecule has 0 unspecified atom stereocenters. The van der Waals surface area contributed by atoms with E-state index >= 15 is 0 Å². The van der Waals surface area contributed by atoms with Gasteiger partial charge in [-0.2, -0.15) is 0 Å². The zero-order valence-electron chi connectivity index (χ0n) is 14.8. The van der Waals surface area contributed by atoms with Gasteiger partial charge in [-0.15, -0.1) is 11.3 Å². The molecule has 1 amide bonds. The van der Waals surface area contributed by atoms with Crippen LogP contribution < -0.4 is 5.32 Å². The number of hydrogen-bond donors (Lipinski definition) is 1. The van der Waals surface area contributed by atoms with Crippen LogP contribution >= 0.6 is 11.3 Å². The molecule has 0 atom stereocenters. The second kappa shape index (κ2) is 8.70. The molecule has 0 saturated carbocycles. The van der Waals surface area contributed by atoms with E-state index in [1.165, 1.54) is 49.1 Å². The summed E-state index contributed by atoms with van der Waals surface area (Å²) >= 11 is 1.27. The lowest BCUT2D eigenvalue weighted by Crippen LogP contribution is -2.12. The Balaban J connectivity index is 1.60. The van der Waals surface area contributed by atoms with Crippen molar-refractivity contribution in [3.8, 4) is 0 Å². The maximum Gasteiger partial charge on any atom is 0.419 e. The fourth-order valence-corrected chi connectivity index (χ4v) is 3.20. The first-order valence-corrected chi connectivity index (χ1v) is 9.15. The largest absolute Gasteiger partial charge is 0.444 e. The second-order valence-electron chi connectivity index (χ2n) is 5.86. The molecular weight excluding hydrogens is 390 g/mol. The number of aryl methyl sites for hydroxylation is 2. The number of ether oxygens (including phenoxy) is 1. The van der Waals surface area contributed by atoms with Crippen molar-refractivity contribution in [1.29, 1.82) is 0 Å². The molecule has 3 aromatic rings. The van der Waals surface area contributed by atoms with Crippen LogP contribution in [-0.2, 0) is 29.0 Å². The van der Waals surface area contributed by atoms with Gasteiger partial charge < -0.3 is 10.1 Å². The Kier molecular flexibility index (Phi) is 6.09. The number of hydrogen-bond acceptors (Lipinski definition) is 6. The molecule has 2 aromatic heterocycles. The van der Waals surface area contributed by atoms with Crippen molar-refractivity contribution >= 4 is 28.5 Å². The number of aromatic nitrogens is 3. The Morgan fingerprint density at radius 1 is 1.21 bits per heavy atom. The van der Waals surface area contributed by atoms with E-state index in [1.54, 1.807) is 5.38 Å². The van der Waals surface area contributed by atoms with Gasteiger partial charge in [-0.3, -0.25) is 4.79 Å². The molecule has 146 valence electrons. The van der Waals surface area contributed by atoms with Crippen molar-refractivity contribution in [3.05, 3.63) is 64.7 Å². The van der Waals surface area contributed by atoms with Crippen LogP contribution in [0.3, 0.4) is 0 Å². The molecule has 0 radical (unpaired) electrons. The molecule has 0 aliphatic carbocycles. The molecule has 0 aliphatic heterocycles. The summed E-state index contributed by atoms with van der Waals surface area (Å²) in [5, 5.41) is 4.79. The Hall–Kier alpha value is -3.14. The average molecular weight is 406 g/mol. The lowest BCUT2D eigenvalue weighted by atomic mass is 10.0. The molecule has 1 N–H and O–H groups in total. The predicted octanol–water partition coefficient (Wildman–Crippen LogP) is 3.55. The number of thiazole rings is 1. The van der Waals surface area contributed by atoms with Crippen LogP contribution in [0.15, 0.2) is 36.2 Å². The topological polar surface area (TPSA) is 86.1 Å². The van der Waals surface area contributed by atoms with Gasteiger partial charge in [0.2, 0.25) is 5.91 Å². The molecule has 2 heterocycles. The summed E-state index contributed by atoms with van der Waals surface area (Å²) in [6.07, 6.45) is 3.93. The van der Waals surface area contributed by atoms with Gasteiger partial charge in [-0.1, -0.05) is 12.1 Å². The lowest BCUT2D eigenvalue weighted by molar-refractivity contribution is -0.114. The molecule has 10 heteroatoms. The summed E-state index contributed by atoms with van der Waals surface area (Å²) in [5.41, 5.74) is 0.805. The Morgan fingerprint density at radius 2 is 1.96 bits per heavy atom. The Morgan fingerprint density at radius 3 is 2.68 bits per heavy atom. The highest BCUT2D eigenvalue weighted by atomic mass is 32.1. The third-order valence-corrected chi connectivity index (χ3v) is 4.60. The van der Waals surface area contributed by atoms with E-state index in [4.69, 9.17) is 4.74 Å². The average Bonchev–Trinajstić information content (AvgIpc) is 3.33. The first-order chi connectivity index (χ1) is 13.4. The minimum atomic E-state index is -1.05. The van der Waals surface area contributed by atoms with E-state index in [0.29, 0.717) is 17.2 Å². The van der Waals surface area contributed by atoms with Crippen LogP contribution in [0.5, 0.6) is 0 Å². The minimum absolute atomic E-state index is 0.0590. The monoisotopic (exact) mass is 406 g/mol. The highest BCUT2D eigenvalue weighted by Gasteiger charge is 2.16. The zero-order valence-corrected chi connectivity index (χ0v) is 15.6. The van der Waals surface area contributed by atoms with Gasteiger partial charge >= 0.3 is 6.09 Å². The number of amides is 1. The van der Waals surface area contributed by atoms with Crippen molar-refractivity contribution in [2.45, 2.75) is 26.4 Å². The first kappa shape index (κ1) is 19.6. The number of anilines is 1. The van der Waals surface area contributed by atoms with E-state index in [-0.39, 0.29) is 23.5 Å². The molecule has 0 fully saturated rings. The first-order valence-electron chi connectivity index (χ1n) is 8.27. The lowest BCUT2D eigenvalue weighted by Gasteiger charge is -2.09. The van der Waals surface area contributed by atoms with Crippen molar-refractivity contribution in [2.24, 2.45) is 0 Å².